The number of Topliss-reactive ketones (excluding diaryl/α,β-unsaturated/α-hetero) is 1. The minimum atomic E-state index is -6.76. The number of ether oxygens (including phenoxy) is 1. The zero-order valence-electron chi connectivity index (χ0n) is 30.5. The number of hydrogen-bond donors (Lipinski definition) is 4. The molecular weight excluding hydrogens is 894 g/mol. The van der Waals surface area contributed by atoms with Crippen molar-refractivity contribution >= 4 is 23.1 Å². The molecule has 0 fully saturated rings. The second-order valence-corrected chi connectivity index (χ2v) is 13.1. The van der Waals surface area contributed by atoms with Crippen molar-refractivity contribution in [2.24, 2.45) is 0 Å². The highest BCUT2D eigenvalue weighted by Crippen LogP contribution is 2.57. The fourth-order valence-corrected chi connectivity index (χ4v) is 6.17. The zero-order chi connectivity index (χ0) is 47.4. The SMILES string of the molecule is CNc1ccc(Oc2ccc(NC(=O)c3ccc(C(c4ccc(C(C)=O)cc4)(C(F)(F)F)C(F)(F)F)cc3)c(C(O)(C(F)(F)F)C(F)(F)F)c2)cc1C(O)(C(F)(F)F)C(F)(F)F. The number of halogens is 18. The van der Waals surface area contributed by atoms with Crippen LogP contribution in [0.1, 0.15) is 49.9 Å². The van der Waals surface area contributed by atoms with Crippen molar-refractivity contribution in [2.45, 2.75) is 60.6 Å². The number of nitrogens with one attached hydrogen (secondary N) is 2. The molecule has 0 aliphatic rings. The summed E-state index contributed by atoms with van der Waals surface area (Å²) in [4.78, 5) is 24.8. The van der Waals surface area contributed by atoms with E-state index in [1.165, 1.54) is 5.32 Å². The van der Waals surface area contributed by atoms with Gasteiger partial charge in [0.05, 0.1) is 0 Å². The van der Waals surface area contributed by atoms with Gasteiger partial charge in [-0.2, -0.15) is 79.0 Å². The van der Waals surface area contributed by atoms with Gasteiger partial charge in [-0.3, -0.25) is 9.59 Å². The van der Waals surface area contributed by atoms with Gasteiger partial charge in [0.25, 0.3) is 17.1 Å². The van der Waals surface area contributed by atoms with Crippen molar-refractivity contribution in [3.63, 3.8) is 0 Å². The molecule has 4 rings (SSSR count). The normalized spacial score (nSPS) is 13.8. The number of hydrogen-bond acceptors (Lipinski definition) is 6. The van der Waals surface area contributed by atoms with Gasteiger partial charge >= 0.3 is 37.1 Å². The standard InChI is InChI=1S/C37H24F18N2O5/c1-17(58)18-3-7-20(8-4-18)29(32(38,39)40,33(41,42)43)21-9-5-19(6-10-21)28(59)57-27-14-12-23(16-25(27)31(61,36(50,51)52)37(53,54)55)62-22-11-13-26(56-2)24(15-22)30(60,34(44,45)46)35(47,48)49/h3-16,56,60-61H,1-2H3,(H,57,59). The quantitative estimate of drug-likeness (QED) is 0.0932. The molecule has 0 aliphatic carbocycles. The Morgan fingerprint density at radius 1 is 0.484 bits per heavy atom. The largest absolute Gasteiger partial charge is 0.457 e. The maximum Gasteiger partial charge on any atom is 0.430 e. The number of benzene rings is 4. The Hall–Kier alpha value is -5.72. The van der Waals surface area contributed by atoms with E-state index in [0.29, 0.717) is 42.5 Å². The van der Waals surface area contributed by atoms with Crippen LogP contribution in [0, 0.1) is 0 Å². The number of carbonyl (C=O) groups excluding carboxylic acids is 2. The molecule has 25 heteroatoms. The van der Waals surface area contributed by atoms with Crippen LogP contribution in [0.4, 0.5) is 90.4 Å². The maximum absolute atomic E-state index is 14.6. The van der Waals surface area contributed by atoms with E-state index in [0.717, 1.165) is 14.0 Å². The van der Waals surface area contributed by atoms with E-state index >= 15 is 0 Å². The average molecular weight is 919 g/mol. The van der Waals surface area contributed by atoms with Gasteiger partial charge in [-0.25, -0.2) is 0 Å². The predicted molar refractivity (Wildman–Crippen MR) is 178 cm³/mol. The minimum absolute atomic E-state index is 0.112. The third-order valence-corrected chi connectivity index (χ3v) is 9.31. The predicted octanol–water partition coefficient (Wildman–Crippen LogP) is 11.0. The highest BCUT2D eigenvalue weighted by molar-refractivity contribution is 6.05. The lowest BCUT2D eigenvalue weighted by Crippen LogP contribution is -2.54. The molecule has 4 aromatic carbocycles. The third kappa shape index (κ3) is 8.30. The lowest BCUT2D eigenvalue weighted by atomic mass is 9.72. The first-order valence-electron chi connectivity index (χ1n) is 16.5. The number of ketones is 1. The molecule has 4 aromatic rings. The summed E-state index contributed by atoms with van der Waals surface area (Å²) in [6.45, 7) is 0.965. The molecular formula is C37H24F18N2O5. The molecule has 0 aromatic heterocycles. The smallest absolute Gasteiger partial charge is 0.430 e. The van der Waals surface area contributed by atoms with Crippen LogP contribution in [-0.2, 0) is 16.6 Å². The van der Waals surface area contributed by atoms with Gasteiger partial charge in [-0.1, -0.05) is 36.4 Å². The molecule has 4 N–H and O–H groups in total. The molecule has 62 heavy (non-hydrogen) atoms. The summed E-state index contributed by atoms with van der Waals surface area (Å²) in [5.41, 5.74) is -27.9. The van der Waals surface area contributed by atoms with E-state index in [9.17, 15) is 98.8 Å². The Morgan fingerprint density at radius 3 is 1.15 bits per heavy atom. The molecule has 1 amide bonds. The number of rotatable bonds is 10. The second kappa shape index (κ2) is 15.9. The number of amides is 1. The van der Waals surface area contributed by atoms with Gasteiger partial charge in [-0.15, -0.1) is 0 Å². The fraction of sp³-hybridized carbons (Fsp3) is 0.297. The Kier molecular flexibility index (Phi) is 12.5. The second-order valence-electron chi connectivity index (χ2n) is 13.1. The van der Waals surface area contributed by atoms with Crippen LogP contribution in [0.25, 0.3) is 0 Å². The van der Waals surface area contributed by atoms with Crippen molar-refractivity contribution in [1.82, 2.24) is 0 Å². The summed E-state index contributed by atoms with van der Waals surface area (Å²) in [5.74, 6) is -5.04. The summed E-state index contributed by atoms with van der Waals surface area (Å²) in [6, 6.07) is 3.90. The number of carbonyl (C=O) groups is 2. The lowest BCUT2D eigenvalue weighted by molar-refractivity contribution is -0.376. The number of aliphatic hydroxyl groups is 2. The van der Waals surface area contributed by atoms with Crippen molar-refractivity contribution in [3.8, 4) is 11.5 Å². The number of anilines is 2. The summed E-state index contributed by atoms with van der Waals surface area (Å²) in [6.07, 6.45) is -38.9. The Bertz CT molecular complexity index is 2250. The van der Waals surface area contributed by atoms with Crippen LogP contribution in [0.15, 0.2) is 84.9 Å². The first-order chi connectivity index (χ1) is 28.0. The van der Waals surface area contributed by atoms with Gasteiger partial charge in [0.2, 0.25) is 5.41 Å². The van der Waals surface area contributed by atoms with Gasteiger partial charge in [0.1, 0.15) is 11.5 Å². The Morgan fingerprint density at radius 2 is 0.823 bits per heavy atom. The van der Waals surface area contributed by atoms with Gasteiger partial charge in [-0.05, 0) is 66.6 Å². The van der Waals surface area contributed by atoms with Gasteiger partial charge in [0, 0.05) is 40.7 Å². The molecule has 0 radical (unpaired) electrons. The molecule has 0 spiro atoms. The lowest BCUT2D eigenvalue weighted by Gasteiger charge is -2.38. The van der Waals surface area contributed by atoms with E-state index in [1.54, 1.807) is 0 Å². The monoisotopic (exact) mass is 918 g/mol. The molecule has 7 nitrogen and oxygen atoms in total. The zero-order valence-corrected chi connectivity index (χ0v) is 30.5. The summed E-state index contributed by atoms with van der Waals surface area (Å²) in [5, 5.41) is 23.6. The van der Waals surface area contributed by atoms with E-state index in [-0.39, 0.29) is 48.0 Å². The molecule has 0 saturated carbocycles. The molecule has 0 aliphatic heterocycles. The maximum atomic E-state index is 14.6. The highest BCUT2D eigenvalue weighted by Gasteiger charge is 2.74. The summed E-state index contributed by atoms with van der Waals surface area (Å²) < 4.78 is 260. The van der Waals surface area contributed by atoms with Crippen LogP contribution in [-0.4, -0.2) is 66.0 Å². The van der Waals surface area contributed by atoms with Crippen LogP contribution in [0.3, 0.4) is 0 Å². The van der Waals surface area contributed by atoms with Crippen molar-refractivity contribution < 1.29 is 104 Å². The van der Waals surface area contributed by atoms with E-state index in [4.69, 9.17) is 4.74 Å². The number of alkyl halides is 18. The minimum Gasteiger partial charge on any atom is -0.457 e. The topological polar surface area (TPSA) is 108 Å². The third-order valence-electron chi connectivity index (χ3n) is 9.31. The first kappa shape index (κ1) is 48.9. The van der Waals surface area contributed by atoms with E-state index < -0.39 is 116 Å². The molecule has 338 valence electrons. The Labute approximate surface area is 334 Å². The van der Waals surface area contributed by atoms with Gasteiger partial charge in [0.15, 0.2) is 5.78 Å². The average Bonchev–Trinajstić information content (AvgIpc) is 3.12. The highest BCUT2D eigenvalue weighted by atomic mass is 19.4. The van der Waals surface area contributed by atoms with Crippen LogP contribution in [0.2, 0.25) is 0 Å². The fourth-order valence-electron chi connectivity index (χ4n) is 6.17. The van der Waals surface area contributed by atoms with Crippen molar-refractivity contribution in [3.05, 3.63) is 118 Å². The van der Waals surface area contributed by atoms with Crippen LogP contribution in [0.5, 0.6) is 11.5 Å². The van der Waals surface area contributed by atoms with E-state index in [2.05, 4.69) is 0 Å². The van der Waals surface area contributed by atoms with Crippen LogP contribution < -0.4 is 15.4 Å². The molecule has 0 atom stereocenters. The van der Waals surface area contributed by atoms with Gasteiger partial charge < -0.3 is 25.6 Å². The molecule has 0 bridgehead atoms. The summed E-state index contributed by atoms with van der Waals surface area (Å²) in [7, 11) is 0.810. The van der Waals surface area contributed by atoms with Crippen molar-refractivity contribution in [1.29, 1.82) is 0 Å². The summed E-state index contributed by atoms with van der Waals surface area (Å²) >= 11 is 0. The molecule has 0 unspecified atom stereocenters. The van der Waals surface area contributed by atoms with Crippen LogP contribution >= 0.6 is 0 Å². The Balaban J connectivity index is 1.86. The van der Waals surface area contributed by atoms with E-state index in [1.807, 2.05) is 5.32 Å². The molecule has 0 heterocycles. The van der Waals surface area contributed by atoms with Crippen molar-refractivity contribution in [2.75, 3.05) is 17.7 Å². The molecule has 0 saturated heterocycles. The first-order valence-corrected chi connectivity index (χ1v) is 16.5.